The van der Waals surface area contributed by atoms with Crippen molar-refractivity contribution in [2.75, 3.05) is 6.54 Å². The zero-order valence-electron chi connectivity index (χ0n) is 13.7. The average molecular weight is 299 g/mol. The first-order chi connectivity index (χ1) is 9.71. The first-order valence-electron chi connectivity index (χ1n) is 7.91. The van der Waals surface area contributed by atoms with Crippen molar-refractivity contribution in [1.29, 1.82) is 0 Å². The second-order valence-corrected chi connectivity index (χ2v) is 7.05. The standard InChI is InChI=1S/C16H29NO4/c1-5-6-7-10-16(13(18)19,12-8-9-12)11-17-14(20)21-15(2,3)4/h12H,5-11H2,1-4H3,(H,17,20)(H,18,19). The molecular weight excluding hydrogens is 270 g/mol. The van der Waals surface area contributed by atoms with Crippen LogP contribution in [0.3, 0.4) is 0 Å². The molecule has 0 heterocycles. The molecule has 1 atom stereocenters. The van der Waals surface area contributed by atoms with E-state index in [0.717, 1.165) is 32.1 Å². The normalized spacial score (nSPS) is 17.9. The monoisotopic (exact) mass is 299 g/mol. The van der Waals surface area contributed by atoms with Gasteiger partial charge in [0.15, 0.2) is 0 Å². The minimum absolute atomic E-state index is 0.158. The van der Waals surface area contributed by atoms with Gasteiger partial charge in [-0.3, -0.25) is 4.79 Å². The highest BCUT2D eigenvalue weighted by molar-refractivity contribution is 5.77. The van der Waals surface area contributed by atoms with E-state index in [1.54, 1.807) is 20.8 Å². The molecule has 1 rings (SSSR count). The molecule has 0 spiro atoms. The largest absolute Gasteiger partial charge is 0.481 e. The van der Waals surface area contributed by atoms with E-state index in [9.17, 15) is 14.7 Å². The Kier molecular flexibility index (Phi) is 6.05. The second kappa shape index (κ2) is 7.14. The molecule has 122 valence electrons. The topological polar surface area (TPSA) is 75.6 Å². The number of hydrogen-bond donors (Lipinski definition) is 2. The maximum Gasteiger partial charge on any atom is 0.407 e. The zero-order valence-corrected chi connectivity index (χ0v) is 13.7. The lowest BCUT2D eigenvalue weighted by Gasteiger charge is -2.30. The summed E-state index contributed by atoms with van der Waals surface area (Å²) < 4.78 is 5.20. The predicted molar refractivity (Wildman–Crippen MR) is 81.2 cm³/mol. The van der Waals surface area contributed by atoms with E-state index in [-0.39, 0.29) is 12.5 Å². The van der Waals surface area contributed by atoms with E-state index in [1.807, 2.05) is 0 Å². The highest BCUT2D eigenvalue weighted by atomic mass is 16.6. The zero-order chi connectivity index (χ0) is 16.1. The third kappa shape index (κ3) is 5.56. The molecule has 1 aliphatic carbocycles. The van der Waals surface area contributed by atoms with Crippen molar-refractivity contribution in [2.45, 2.75) is 71.8 Å². The highest BCUT2D eigenvalue weighted by Gasteiger charge is 2.50. The molecule has 5 heteroatoms. The molecule has 0 aromatic rings. The fourth-order valence-corrected chi connectivity index (χ4v) is 2.66. The predicted octanol–water partition coefficient (Wildman–Crippen LogP) is 3.57. The molecule has 1 amide bonds. The van der Waals surface area contributed by atoms with Gasteiger partial charge in [-0.15, -0.1) is 0 Å². The molecule has 0 aliphatic heterocycles. The van der Waals surface area contributed by atoms with Gasteiger partial charge in [0.2, 0.25) is 0 Å². The molecule has 1 aliphatic rings. The molecule has 21 heavy (non-hydrogen) atoms. The Balaban J connectivity index is 2.64. The molecule has 1 unspecified atom stereocenters. The van der Waals surface area contributed by atoms with Crippen molar-refractivity contribution in [2.24, 2.45) is 11.3 Å². The van der Waals surface area contributed by atoms with Crippen molar-refractivity contribution in [3.05, 3.63) is 0 Å². The Bertz CT molecular complexity index is 371. The Labute approximate surface area is 127 Å². The van der Waals surface area contributed by atoms with Gasteiger partial charge in [-0.1, -0.05) is 26.2 Å². The van der Waals surface area contributed by atoms with Gasteiger partial charge in [0, 0.05) is 6.54 Å². The van der Waals surface area contributed by atoms with Crippen molar-refractivity contribution in [3.8, 4) is 0 Å². The maximum atomic E-state index is 11.8. The first kappa shape index (κ1) is 17.8. The molecule has 2 N–H and O–H groups in total. The molecular formula is C16H29NO4. The number of amides is 1. The maximum absolute atomic E-state index is 11.8. The molecule has 0 aromatic heterocycles. The number of rotatable bonds is 8. The Morgan fingerprint density at radius 2 is 1.86 bits per heavy atom. The van der Waals surface area contributed by atoms with Gasteiger partial charge < -0.3 is 15.2 Å². The van der Waals surface area contributed by atoms with Crippen LogP contribution in [0.15, 0.2) is 0 Å². The minimum Gasteiger partial charge on any atom is -0.481 e. The summed E-state index contributed by atoms with van der Waals surface area (Å²) in [6.07, 6.45) is 4.92. The number of carbonyl (C=O) groups excluding carboxylic acids is 1. The lowest BCUT2D eigenvalue weighted by atomic mass is 9.77. The first-order valence-corrected chi connectivity index (χ1v) is 7.91. The number of hydrogen-bond acceptors (Lipinski definition) is 3. The molecule has 0 radical (unpaired) electrons. The number of carboxylic acid groups (broad SMARTS) is 1. The minimum atomic E-state index is -0.827. The molecule has 1 fully saturated rings. The Hall–Kier alpha value is -1.26. The van der Waals surface area contributed by atoms with Crippen LogP contribution in [0, 0.1) is 11.3 Å². The average Bonchev–Trinajstić information content (AvgIpc) is 3.15. The summed E-state index contributed by atoms with van der Waals surface area (Å²) in [5, 5.41) is 12.4. The number of alkyl carbamates (subject to hydrolysis) is 1. The summed E-state index contributed by atoms with van der Waals surface area (Å²) in [6, 6.07) is 0. The third-order valence-electron chi connectivity index (χ3n) is 3.96. The number of unbranched alkanes of at least 4 members (excludes halogenated alkanes) is 2. The van der Waals surface area contributed by atoms with Crippen LogP contribution in [0.4, 0.5) is 4.79 Å². The van der Waals surface area contributed by atoms with Gasteiger partial charge in [0.05, 0.1) is 5.41 Å². The molecule has 5 nitrogen and oxygen atoms in total. The quantitative estimate of drug-likeness (QED) is 0.672. The van der Waals surface area contributed by atoms with E-state index >= 15 is 0 Å². The van der Waals surface area contributed by atoms with E-state index in [1.165, 1.54) is 0 Å². The van der Waals surface area contributed by atoms with E-state index in [2.05, 4.69) is 12.2 Å². The molecule has 0 aromatic carbocycles. The summed E-state index contributed by atoms with van der Waals surface area (Å²) in [5.74, 6) is -0.612. The van der Waals surface area contributed by atoms with Gasteiger partial charge in [-0.25, -0.2) is 4.79 Å². The van der Waals surface area contributed by atoms with Gasteiger partial charge in [0.1, 0.15) is 5.60 Å². The summed E-state index contributed by atoms with van der Waals surface area (Å²) in [4.78, 5) is 23.6. The SMILES string of the molecule is CCCCCC(CNC(=O)OC(C)(C)C)(C(=O)O)C1CC1. The van der Waals surface area contributed by atoms with Crippen molar-refractivity contribution >= 4 is 12.1 Å². The lowest BCUT2D eigenvalue weighted by molar-refractivity contribution is -0.150. The van der Waals surface area contributed by atoms with Crippen LogP contribution in [0.2, 0.25) is 0 Å². The van der Waals surface area contributed by atoms with Crippen LogP contribution >= 0.6 is 0 Å². The second-order valence-electron chi connectivity index (χ2n) is 7.05. The molecule has 0 bridgehead atoms. The van der Waals surface area contributed by atoms with Crippen LogP contribution < -0.4 is 5.32 Å². The number of carboxylic acids is 1. The number of ether oxygens (including phenoxy) is 1. The van der Waals surface area contributed by atoms with E-state index in [4.69, 9.17) is 4.74 Å². The molecule has 1 saturated carbocycles. The van der Waals surface area contributed by atoms with Crippen molar-refractivity contribution in [3.63, 3.8) is 0 Å². The smallest absolute Gasteiger partial charge is 0.407 e. The van der Waals surface area contributed by atoms with E-state index in [0.29, 0.717) is 6.42 Å². The number of nitrogens with one attached hydrogen (secondary N) is 1. The lowest BCUT2D eigenvalue weighted by Crippen LogP contribution is -2.46. The fraction of sp³-hybridized carbons (Fsp3) is 0.875. The molecule has 0 saturated heterocycles. The van der Waals surface area contributed by atoms with Gasteiger partial charge in [0.25, 0.3) is 0 Å². The summed E-state index contributed by atoms with van der Waals surface area (Å²) in [6.45, 7) is 7.63. The number of aliphatic carboxylic acids is 1. The van der Waals surface area contributed by atoms with Crippen LogP contribution in [0.1, 0.15) is 66.2 Å². The van der Waals surface area contributed by atoms with Gasteiger partial charge in [-0.2, -0.15) is 0 Å². The van der Waals surface area contributed by atoms with Crippen molar-refractivity contribution < 1.29 is 19.4 Å². The highest BCUT2D eigenvalue weighted by Crippen LogP contribution is 2.48. The van der Waals surface area contributed by atoms with Crippen LogP contribution in [0.25, 0.3) is 0 Å². The Morgan fingerprint density at radius 3 is 2.29 bits per heavy atom. The summed E-state index contributed by atoms with van der Waals surface area (Å²) in [5.41, 5.74) is -1.40. The van der Waals surface area contributed by atoms with Gasteiger partial charge in [-0.05, 0) is 46.0 Å². The van der Waals surface area contributed by atoms with Crippen LogP contribution in [-0.2, 0) is 9.53 Å². The van der Waals surface area contributed by atoms with Crippen LogP contribution in [0.5, 0.6) is 0 Å². The third-order valence-corrected chi connectivity index (χ3v) is 3.96. The van der Waals surface area contributed by atoms with Crippen LogP contribution in [-0.4, -0.2) is 29.3 Å². The van der Waals surface area contributed by atoms with Gasteiger partial charge >= 0.3 is 12.1 Å². The van der Waals surface area contributed by atoms with Crippen molar-refractivity contribution in [1.82, 2.24) is 5.32 Å². The number of carbonyl (C=O) groups is 2. The summed E-state index contributed by atoms with van der Waals surface area (Å²) >= 11 is 0. The van der Waals surface area contributed by atoms with E-state index < -0.39 is 23.1 Å². The summed E-state index contributed by atoms with van der Waals surface area (Å²) in [7, 11) is 0. The fourth-order valence-electron chi connectivity index (χ4n) is 2.66. The Morgan fingerprint density at radius 1 is 1.24 bits per heavy atom.